The van der Waals surface area contributed by atoms with Gasteiger partial charge in [-0.15, -0.1) is 0 Å². The lowest BCUT2D eigenvalue weighted by Gasteiger charge is -2.63. The van der Waals surface area contributed by atoms with Crippen LogP contribution >= 0.6 is 0 Å². The quantitative estimate of drug-likeness (QED) is 0.144. The Labute approximate surface area is 348 Å². The lowest BCUT2D eigenvalue weighted by molar-refractivity contribution is -0.163. The van der Waals surface area contributed by atoms with E-state index < -0.39 is 29.7 Å². The number of hydrogen-bond donors (Lipinski definition) is 2. The summed E-state index contributed by atoms with van der Waals surface area (Å²) in [5.74, 6) is -0.802. The van der Waals surface area contributed by atoms with Gasteiger partial charge in [-0.05, 0) is 92.5 Å². The first-order chi connectivity index (χ1) is 28.8. The molecule has 0 radical (unpaired) electrons. The second-order valence-corrected chi connectivity index (χ2v) is 17.3. The molecule has 14 heteroatoms. The number of unbranched alkanes of at least 4 members (excludes halogenated alkanes) is 1. The van der Waals surface area contributed by atoms with Crippen LogP contribution in [0.25, 0.3) is 10.9 Å². The minimum Gasteiger partial charge on any atom is -0.494 e. The summed E-state index contributed by atoms with van der Waals surface area (Å²) in [6.07, 6.45) is 3.51. The Balaban J connectivity index is 0.763. The first-order valence-corrected chi connectivity index (χ1v) is 20.6. The Bertz CT molecular complexity index is 2400. The highest BCUT2D eigenvalue weighted by Crippen LogP contribution is 2.56. The second kappa shape index (κ2) is 16.0. The van der Waals surface area contributed by atoms with Crippen LogP contribution in [0.5, 0.6) is 11.5 Å². The van der Waals surface area contributed by atoms with Gasteiger partial charge in [0.25, 0.3) is 17.7 Å². The van der Waals surface area contributed by atoms with Crippen LogP contribution in [0.15, 0.2) is 72.9 Å². The normalized spacial score (nSPS) is 22.1. The average Bonchev–Trinajstić information content (AvgIpc) is 3.49. The number of benzene rings is 3. The molecule has 5 amide bonds. The Morgan fingerprint density at radius 3 is 2.37 bits per heavy atom. The maximum absolute atomic E-state index is 13.5. The summed E-state index contributed by atoms with van der Waals surface area (Å²) >= 11 is 0. The van der Waals surface area contributed by atoms with Crippen molar-refractivity contribution >= 4 is 46.1 Å². The van der Waals surface area contributed by atoms with Gasteiger partial charge < -0.3 is 19.7 Å². The summed E-state index contributed by atoms with van der Waals surface area (Å²) in [5.41, 5.74) is 2.33. The number of carbonyl (C=O) groups is 5. The largest absolute Gasteiger partial charge is 0.494 e. The fourth-order valence-corrected chi connectivity index (χ4v) is 9.70. The third-order valence-corrected chi connectivity index (χ3v) is 12.6. The van der Waals surface area contributed by atoms with E-state index in [1.165, 1.54) is 0 Å². The molecule has 3 aliphatic heterocycles. The van der Waals surface area contributed by atoms with Crippen molar-refractivity contribution in [1.29, 1.82) is 5.26 Å². The summed E-state index contributed by atoms with van der Waals surface area (Å²) < 4.78 is 12.6. The smallest absolute Gasteiger partial charge is 0.262 e. The van der Waals surface area contributed by atoms with Crippen LogP contribution in [0.4, 0.5) is 5.69 Å². The number of pyridine rings is 1. The van der Waals surface area contributed by atoms with Gasteiger partial charge in [-0.1, -0.05) is 27.7 Å². The van der Waals surface area contributed by atoms with Gasteiger partial charge in [-0.25, -0.2) is 0 Å². The molecule has 4 aromatic rings. The highest BCUT2D eigenvalue weighted by molar-refractivity contribution is 6.23. The lowest BCUT2D eigenvalue weighted by Crippen LogP contribution is -2.74. The SMILES string of the molecule is CC1(C)[C@H](NC(=O)c2ccc(OCCCCN3CCN(c4ccc5c(c4)C(=O)N(C4CCC(=O)NC4=O)C5=O)CC3)cc2)C(C)(C)[C@H]1Oc1ccc(C#N)c2ncccc12. The van der Waals surface area contributed by atoms with Gasteiger partial charge in [0.1, 0.15) is 29.7 Å². The number of nitrogens with one attached hydrogen (secondary N) is 2. The zero-order valence-corrected chi connectivity index (χ0v) is 34.3. The van der Waals surface area contributed by atoms with Crippen molar-refractivity contribution in [1.82, 2.24) is 25.4 Å². The highest BCUT2D eigenvalue weighted by Gasteiger charge is 2.64. The van der Waals surface area contributed by atoms with Crippen molar-refractivity contribution < 1.29 is 33.4 Å². The van der Waals surface area contributed by atoms with Crippen LogP contribution in [-0.4, -0.2) is 102 Å². The van der Waals surface area contributed by atoms with Gasteiger partial charge in [-0.3, -0.25) is 44.1 Å². The fourth-order valence-electron chi connectivity index (χ4n) is 9.70. The Morgan fingerprint density at radius 2 is 1.65 bits per heavy atom. The molecule has 14 nitrogen and oxygen atoms in total. The van der Waals surface area contributed by atoms with E-state index >= 15 is 0 Å². The standard InChI is InChI=1S/C46H49N7O7/c1-45(2)43(46(3,4)44(45)60-36-17-11-29(27-47)38-33(36)8-7-19-48-38)50-39(55)28-9-13-31(14-10-28)59-25-6-5-20-51-21-23-52(24-22-51)30-12-15-32-34(26-30)42(58)53(41(32)57)35-16-18-37(54)49-40(35)56/h7-15,17,19,26,35,43-44H,5-6,16,18,20-25H2,1-4H3,(H,50,55)(H,49,54,56)/t35?,43-,44-. The summed E-state index contributed by atoms with van der Waals surface area (Å²) in [5, 5.41) is 15.8. The summed E-state index contributed by atoms with van der Waals surface area (Å²) in [4.78, 5) is 73.8. The molecule has 2 saturated heterocycles. The molecule has 0 spiro atoms. The van der Waals surface area contributed by atoms with Crippen LogP contribution in [0.3, 0.4) is 0 Å². The van der Waals surface area contributed by atoms with E-state index in [-0.39, 0.29) is 47.3 Å². The Hall–Kier alpha value is -6.33. The van der Waals surface area contributed by atoms with Crippen LogP contribution in [0.1, 0.15) is 90.0 Å². The van der Waals surface area contributed by atoms with E-state index in [2.05, 4.69) is 59.2 Å². The molecule has 2 N–H and O–H groups in total. The summed E-state index contributed by atoms with van der Waals surface area (Å²) in [6.45, 7) is 13.1. The van der Waals surface area contributed by atoms with Crippen molar-refractivity contribution in [2.75, 3.05) is 44.2 Å². The predicted octanol–water partition coefficient (Wildman–Crippen LogP) is 5.10. The molecular weight excluding hydrogens is 763 g/mol. The number of ether oxygens (including phenoxy) is 2. The third-order valence-electron chi connectivity index (χ3n) is 12.6. The number of piperidine rings is 1. The minimum absolute atomic E-state index is 0.0841. The third kappa shape index (κ3) is 7.42. The first-order valence-electron chi connectivity index (χ1n) is 20.6. The molecule has 1 unspecified atom stereocenters. The fraction of sp³-hybridized carbons (Fsp3) is 0.413. The highest BCUT2D eigenvalue weighted by atomic mass is 16.5. The molecule has 1 saturated carbocycles. The molecule has 1 aliphatic carbocycles. The molecule has 3 fully saturated rings. The molecule has 0 bridgehead atoms. The number of amides is 5. The maximum atomic E-state index is 13.5. The molecule has 8 rings (SSSR count). The molecule has 3 aromatic carbocycles. The van der Waals surface area contributed by atoms with Crippen LogP contribution in [-0.2, 0) is 9.59 Å². The Morgan fingerprint density at radius 1 is 0.917 bits per heavy atom. The van der Waals surface area contributed by atoms with Crippen molar-refractivity contribution in [3.63, 3.8) is 0 Å². The van der Waals surface area contributed by atoms with E-state index in [1.54, 1.807) is 36.5 Å². The molecule has 4 aliphatic rings. The van der Waals surface area contributed by atoms with Crippen LogP contribution in [0.2, 0.25) is 0 Å². The molecule has 60 heavy (non-hydrogen) atoms. The van der Waals surface area contributed by atoms with Crippen molar-refractivity contribution in [2.45, 2.75) is 71.6 Å². The molecule has 1 aromatic heterocycles. The van der Waals surface area contributed by atoms with E-state index in [9.17, 15) is 29.2 Å². The number of carbonyl (C=O) groups excluding carboxylic acids is 5. The molecule has 1 atom stereocenters. The van der Waals surface area contributed by atoms with Gasteiger partial charge in [0.05, 0.1) is 28.8 Å². The van der Waals surface area contributed by atoms with Gasteiger partial charge in [-0.2, -0.15) is 5.26 Å². The number of aromatic nitrogens is 1. The van der Waals surface area contributed by atoms with Crippen molar-refractivity contribution in [3.05, 3.63) is 95.2 Å². The van der Waals surface area contributed by atoms with Gasteiger partial charge >= 0.3 is 0 Å². The van der Waals surface area contributed by atoms with Crippen molar-refractivity contribution in [2.24, 2.45) is 10.8 Å². The average molecular weight is 812 g/mol. The topological polar surface area (TPSA) is 174 Å². The van der Waals surface area contributed by atoms with Crippen molar-refractivity contribution in [3.8, 4) is 17.6 Å². The molecular formula is C46H49N7O7. The maximum Gasteiger partial charge on any atom is 0.262 e. The van der Waals surface area contributed by atoms with Crippen LogP contribution < -0.4 is 25.0 Å². The number of piperazine rings is 1. The van der Waals surface area contributed by atoms with E-state index in [4.69, 9.17) is 9.47 Å². The van der Waals surface area contributed by atoms with Gasteiger partial charge in [0, 0.05) is 72.3 Å². The summed E-state index contributed by atoms with van der Waals surface area (Å²) in [6, 6.07) is 20.9. The van der Waals surface area contributed by atoms with E-state index in [1.807, 2.05) is 36.4 Å². The summed E-state index contributed by atoms with van der Waals surface area (Å²) in [7, 11) is 0. The molecule has 310 valence electrons. The second-order valence-electron chi connectivity index (χ2n) is 17.3. The van der Waals surface area contributed by atoms with Gasteiger partial charge in [0.15, 0.2) is 0 Å². The Kier molecular flexibility index (Phi) is 10.8. The lowest BCUT2D eigenvalue weighted by atomic mass is 9.49. The van der Waals surface area contributed by atoms with E-state index in [0.717, 1.165) is 61.5 Å². The van der Waals surface area contributed by atoms with Gasteiger partial charge in [0.2, 0.25) is 11.8 Å². The molecule has 4 heterocycles. The number of nitrogens with zero attached hydrogens (tertiary/aromatic N) is 5. The number of nitriles is 1. The zero-order chi connectivity index (χ0) is 42.3. The number of fused-ring (bicyclic) bond motifs is 2. The van der Waals surface area contributed by atoms with E-state index in [0.29, 0.717) is 40.3 Å². The predicted molar refractivity (Wildman–Crippen MR) is 223 cm³/mol. The number of hydrogen-bond acceptors (Lipinski definition) is 11. The number of imide groups is 2. The van der Waals surface area contributed by atoms with Crippen LogP contribution in [0, 0.1) is 22.2 Å². The zero-order valence-electron chi connectivity index (χ0n) is 34.3. The first kappa shape index (κ1) is 40.4. The number of anilines is 1. The minimum atomic E-state index is -0.982. The number of rotatable bonds is 12. The monoisotopic (exact) mass is 811 g/mol.